The molecule has 0 bridgehead atoms. The van der Waals surface area contributed by atoms with Crippen molar-refractivity contribution in [3.05, 3.63) is 18.2 Å². The summed E-state index contributed by atoms with van der Waals surface area (Å²) >= 11 is 2.09. The third kappa shape index (κ3) is 6.22. The molecule has 13 heteroatoms. The normalized spacial score (nSPS) is 16.8. The van der Waals surface area contributed by atoms with Gasteiger partial charge in [0.2, 0.25) is 11.5 Å². The first-order valence-corrected chi connectivity index (χ1v) is 12.5. The Morgan fingerprint density at radius 3 is 2.52 bits per heavy atom. The van der Waals surface area contributed by atoms with Gasteiger partial charge in [0.25, 0.3) is 0 Å². The number of halogens is 4. The van der Waals surface area contributed by atoms with E-state index >= 15 is 0 Å². The number of amides is 2. The van der Waals surface area contributed by atoms with Gasteiger partial charge in [-0.1, -0.05) is 13.8 Å². The second-order valence-electron chi connectivity index (χ2n) is 8.14. The highest BCUT2D eigenvalue weighted by molar-refractivity contribution is 14.2. The van der Waals surface area contributed by atoms with Crippen molar-refractivity contribution in [1.29, 1.82) is 0 Å². The monoisotopic (exact) mass is 576 g/mol. The zero-order valence-electron chi connectivity index (χ0n) is 17.3. The van der Waals surface area contributed by atoms with Gasteiger partial charge in [0.1, 0.15) is 11.9 Å². The van der Waals surface area contributed by atoms with E-state index in [4.69, 9.17) is 10.6 Å². The summed E-state index contributed by atoms with van der Waals surface area (Å²) in [7, 11) is 1.38. The minimum Gasteiger partial charge on any atom is -0.486 e. The Bertz CT molecular complexity index is 839. The number of nitrogens with zero attached hydrogens (tertiary/aromatic N) is 1. The Morgan fingerprint density at radius 2 is 1.97 bits per heavy atom. The molecule has 1 aliphatic heterocycles. The molecule has 8 nitrogen and oxygen atoms in total. The van der Waals surface area contributed by atoms with Crippen molar-refractivity contribution >= 4 is 53.7 Å². The van der Waals surface area contributed by atoms with E-state index in [9.17, 15) is 22.8 Å². The summed E-state index contributed by atoms with van der Waals surface area (Å²) in [4.78, 5) is 23.9. The first kappa shape index (κ1) is 25.6. The molecule has 1 atom stereocenters. The van der Waals surface area contributed by atoms with Gasteiger partial charge in [0, 0.05) is 41.4 Å². The van der Waals surface area contributed by atoms with Crippen LogP contribution in [-0.2, 0) is 9.53 Å². The second-order valence-corrected chi connectivity index (χ2v) is 9.90. The summed E-state index contributed by atoms with van der Waals surface area (Å²) in [5.74, 6) is 5.45. The number of alkyl halides is 3. The maximum Gasteiger partial charge on any atom is 0.427 e. The van der Waals surface area contributed by atoms with Crippen LogP contribution in [0.15, 0.2) is 18.2 Å². The zero-order chi connectivity index (χ0) is 23.6. The van der Waals surface area contributed by atoms with E-state index in [-0.39, 0.29) is 17.7 Å². The van der Waals surface area contributed by atoms with Crippen LogP contribution < -0.4 is 25.6 Å². The fraction of sp³-hybridized carbons (Fsp3) is 0.556. The third-order valence-electron chi connectivity index (χ3n) is 4.73. The lowest BCUT2D eigenvalue weighted by atomic mass is 9.85. The van der Waals surface area contributed by atoms with Gasteiger partial charge in [-0.05, 0) is 38.5 Å². The van der Waals surface area contributed by atoms with Gasteiger partial charge < -0.3 is 13.8 Å². The van der Waals surface area contributed by atoms with Gasteiger partial charge in [-0.15, -0.1) is 0 Å². The molecule has 1 aliphatic rings. The molecule has 1 aromatic carbocycles. The van der Waals surface area contributed by atoms with Gasteiger partial charge in [-0.25, -0.2) is 10.6 Å². The number of anilines is 2. The largest absolute Gasteiger partial charge is 0.486 e. The fourth-order valence-corrected chi connectivity index (χ4v) is 4.41. The Hall–Kier alpha value is -1.61. The second kappa shape index (κ2) is 9.48. The average Bonchev–Trinajstić information content (AvgIpc) is 2.65. The summed E-state index contributed by atoms with van der Waals surface area (Å²) in [5, 5.41) is 2.31. The van der Waals surface area contributed by atoms with Crippen LogP contribution in [0, 0.1) is 5.41 Å². The van der Waals surface area contributed by atoms with E-state index in [1.165, 1.54) is 15.2 Å². The number of rotatable bonds is 6. The number of benzene rings is 1. The number of nitrogens with one attached hydrogen (secondary N) is 2. The van der Waals surface area contributed by atoms with E-state index < -0.39 is 23.3 Å². The summed E-state index contributed by atoms with van der Waals surface area (Å²) in [6, 6.07) is 4.68. The highest BCUT2D eigenvalue weighted by atomic mass is 127. The first-order chi connectivity index (χ1) is 14.2. The quantitative estimate of drug-likeness (QED) is 0.150. The predicted molar refractivity (Wildman–Crippen MR) is 121 cm³/mol. The van der Waals surface area contributed by atoms with Gasteiger partial charge >= 0.3 is 12.3 Å². The summed E-state index contributed by atoms with van der Waals surface area (Å²) < 4.78 is 51.2. The van der Waals surface area contributed by atoms with Crippen LogP contribution in [-0.4, -0.2) is 36.4 Å². The number of fused-ring (bicyclic) bond motifs is 1. The van der Waals surface area contributed by atoms with Crippen molar-refractivity contribution in [2.24, 2.45) is 11.3 Å². The minimum atomic E-state index is -4.70. The van der Waals surface area contributed by atoms with Gasteiger partial charge in [-0.2, -0.15) is 13.2 Å². The van der Waals surface area contributed by atoms with Crippen LogP contribution in [0.4, 0.5) is 29.3 Å². The molecule has 2 rings (SSSR count). The van der Waals surface area contributed by atoms with Crippen molar-refractivity contribution < 1.29 is 32.2 Å². The molecule has 174 valence electrons. The molecule has 4 N–H and O–H groups in total. The molecule has 0 spiro atoms. The van der Waals surface area contributed by atoms with Crippen molar-refractivity contribution in [1.82, 2.24) is 5.43 Å². The van der Waals surface area contributed by atoms with Crippen molar-refractivity contribution in [2.75, 3.05) is 16.2 Å². The maximum atomic E-state index is 12.9. The molecule has 0 unspecified atom stereocenters. The van der Waals surface area contributed by atoms with Crippen LogP contribution in [0.1, 0.15) is 34.1 Å². The van der Waals surface area contributed by atoms with Gasteiger partial charge in [0.05, 0.1) is 12.2 Å². The number of ether oxygens (including phenoxy) is 2. The number of carbonyl (C=O) groups excluding carboxylic acids is 2. The molecule has 0 aromatic heterocycles. The minimum absolute atomic E-state index is 0.252. The SMILES string of the molecule is CC(C)(C[C@H]1CN(SI)c2cc(NC(=O)OC(C)(C)C(F)(F)F)ccc2O1)C(=O)NN. The van der Waals surface area contributed by atoms with Crippen molar-refractivity contribution in [2.45, 2.75) is 52.0 Å². The molecule has 0 saturated carbocycles. The molecule has 0 radical (unpaired) electrons. The van der Waals surface area contributed by atoms with Crippen LogP contribution in [0.5, 0.6) is 5.75 Å². The number of hydrogen-bond acceptors (Lipinski definition) is 7. The predicted octanol–water partition coefficient (Wildman–Crippen LogP) is 4.55. The molecule has 1 heterocycles. The molecule has 2 amide bonds. The topological polar surface area (TPSA) is 106 Å². The molecule has 0 aliphatic carbocycles. The fourth-order valence-electron chi connectivity index (χ4n) is 2.85. The Balaban J connectivity index is 2.15. The van der Waals surface area contributed by atoms with E-state index in [1.807, 2.05) is 4.31 Å². The number of carbonyl (C=O) groups is 2. The van der Waals surface area contributed by atoms with E-state index in [1.54, 1.807) is 26.0 Å². The molecule has 1 aromatic rings. The van der Waals surface area contributed by atoms with Crippen LogP contribution >= 0.6 is 30.3 Å². The Morgan fingerprint density at radius 1 is 1.32 bits per heavy atom. The third-order valence-corrected chi connectivity index (χ3v) is 6.67. The molecule has 0 saturated heterocycles. The molecular weight excluding hydrogens is 552 g/mol. The molecule has 0 fully saturated rings. The smallest absolute Gasteiger partial charge is 0.427 e. The lowest BCUT2D eigenvalue weighted by molar-refractivity contribution is -0.242. The molecular formula is C18H24F3IN4O4S. The van der Waals surface area contributed by atoms with Gasteiger partial charge in [-0.3, -0.25) is 15.5 Å². The lowest BCUT2D eigenvalue weighted by Crippen LogP contribution is -2.46. The van der Waals surface area contributed by atoms with Crippen molar-refractivity contribution in [3.63, 3.8) is 0 Å². The van der Waals surface area contributed by atoms with Crippen molar-refractivity contribution in [3.8, 4) is 5.75 Å². The van der Waals surface area contributed by atoms with Crippen LogP contribution in [0.3, 0.4) is 0 Å². The van der Waals surface area contributed by atoms with Crippen LogP contribution in [0.25, 0.3) is 0 Å². The summed E-state index contributed by atoms with van der Waals surface area (Å²) in [5.41, 5.74) is -0.351. The van der Waals surface area contributed by atoms with E-state index in [0.29, 0.717) is 24.4 Å². The first-order valence-electron chi connectivity index (χ1n) is 9.15. The van der Waals surface area contributed by atoms with E-state index in [0.717, 1.165) is 13.8 Å². The average molecular weight is 576 g/mol. The number of nitrogens with two attached hydrogens (primary N) is 1. The zero-order valence-corrected chi connectivity index (χ0v) is 20.3. The standard InChI is InChI=1S/C18H24F3IN4O4S/c1-16(2,14(27)25-23)8-11-9-26(31-22)12-7-10(5-6-13(12)29-11)24-15(28)30-17(3,4)18(19,20)21/h5-7,11H,8-9,23H2,1-4H3,(H,24,28)(H,25,27)/t11-/m0/s1. The van der Waals surface area contributed by atoms with E-state index in [2.05, 4.69) is 36.7 Å². The highest BCUT2D eigenvalue weighted by Crippen LogP contribution is 2.43. The summed E-state index contributed by atoms with van der Waals surface area (Å²) in [6.45, 7) is 5.51. The summed E-state index contributed by atoms with van der Waals surface area (Å²) in [6.07, 6.45) is -5.83. The lowest BCUT2D eigenvalue weighted by Gasteiger charge is -2.37. The van der Waals surface area contributed by atoms with Gasteiger partial charge in [0.15, 0.2) is 0 Å². The Kier molecular flexibility index (Phi) is 7.85. The number of hydrogen-bond donors (Lipinski definition) is 3. The maximum absolute atomic E-state index is 12.9. The molecule has 31 heavy (non-hydrogen) atoms. The number of hydrazine groups is 1. The Labute approximate surface area is 194 Å². The highest BCUT2D eigenvalue weighted by Gasteiger charge is 2.51. The van der Waals surface area contributed by atoms with Crippen LogP contribution in [0.2, 0.25) is 0 Å².